The van der Waals surface area contributed by atoms with Gasteiger partial charge in [0.25, 0.3) is 0 Å². The summed E-state index contributed by atoms with van der Waals surface area (Å²) in [7, 11) is 0. The summed E-state index contributed by atoms with van der Waals surface area (Å²) < 4.78 is 0. The topological polar surface area (TPSA) is 15.3 Å². The maximum atomic E-state index is 3.44. The molecule has 1 aliphatic heterocycles. The van der Waals surface area contributed by atoms with E-state index in [1.807, 2.05) is 0 Å². The average Bonchev–Trinajstić information content (AvgIpc) is 2.65. The molecule has 2 heteroatoms. The number of hydrogen-bond donors (Lipinski definition) is 1. The molecule has 78 valence electrons. The second-order valence-corrected chi connectivity index (χ2v) is 3.98. The Morgan fingerprint density at radius 2 is 2.15 bits per heavy atom. The average molecular weight is 184 g/mol. The summed E-state index contributed by atoms with van der Waals surface area (Å²) in [5.74, 6) is 0. The van der Waals surface area contributed by atoms with Gasteiger partial charge in [0.15, 0.2) is 0 Å². The summed E-state index contributed by atoms with van der Waals surface area (Å²) in [6.07, 6.45) is 5.44. The molecule has 1 atom stereocenters. The highest BCUT2D eigenvalue weighted by Gasteiger charge is 2.19. The molecule has 0 radical (unpaired) electrons. The van der Waals surface area contributed by atoms with Crippen molar-refractivity contribution in [1.82, 2.24) is 10.2 Å². The molecule has 0 bridgehead atoms. The largest absolute Gasteiger partial charge is 0.315 e. The normalized spacial score (nSPS) is 22.8. The molecule has 0 aromatic rings. The smallest absolute Gasteiger partial charge is 0.0232 e. The van der Waals surface area contributed by atoms with Crippen molar-refractivity contribution < 1.29 is 0 Å². The van der Waals surface area contributed by atoms with Gasteiger partial charge in [-0.1, -0.05) is 26.7 Å². The molecule has 1 N–H and O–H groups in total. The lowest BCUT2D eigenvalue weighted by Gasteiger charge is -2.26. The third-order valence-corrected chi connectivity index (χ3v) is 3.01. The molecule has 0 aromatic carbocycles. The first-order valence-corrected chi connectivity index (χ1v) is 5.83. The van der Waals surface area contributed by atoms with Crippen molar-refractivity contribution in [2.45, 2.75) is 45.6 Å². The van der Waals surface area contributed by atoms with Gasteiger partial charge >= 0.3 is 0 Å². The third kappa shape index (κ3) is 3.65. The van der Waals surface area contributed by atoms with Gasteiger partial charge in [0.1, 0.15) is 0 Å². The number of likely N-dealkylation sites (N-methyl/N-ethyl adjacent to an activating group) is 1. The van der Waals surface area contributed by atoms with Crippen LogP contribution in [0.2, 0.25) is 0 Å². The molecule has 1 heterocycles. The summed E-state index contributed by atoms with van der Waals surface area (Å²) in [5, 5.41) is 3.44. The zero-order chi connectivity index (χ0) is 9.52. The van der Waals surface area contributed by atoms with Gasteiger partial charge in [0.05, 0.1) is 0 Å². The van der Waals surface area contributed by atoms with E-state index in [9.17, 15) is 0 Å². The predicted molar refractivity (Wildman–Crippen MR) is 58.0 cm³/mol. The van der Waals surface area contributed by atoms with Crippen LogP contribution in [-0.4, -0.2) is 37.1 Å². The quantitative estimate of drug-likeness (QED) is 0.634. The minimum absolute atomic E-state index is 0.821. The first-order valence-electron chi connectivity index (χ1n) is 5.83. The molecule has 0 aromatic heterocycles. The second-order valence-electron chi connectivity index (χ2n) is 3.98. The molecule has 1 rings (SSSR count). The molecule has 0 amide bonds. The molecule has 1 aliphatic rings. The van der Waals surface area contributed by atoms with Crippen molar-refractivity contribution in [2.24, 2.45) is 0 Å². The Kier molecular flexibility index (Phi) is 5.40. The zero-order valence-electron chi connectivity index (χ0n) is 9.18. The van der Waals surface area contributed by atoms with E-state index in [4.69, 9.17) is 0 Å². The highest BCUT2D eigenvalue weighted by molar-refractivity contribution is 4.79. The SMILES string of the molecule is CCCCCN(CC)C1CCNC1. The third-order valence-electron chi connectivity index (χ3n) is 3.01. The summed E-state index contributed by atoms with van der Waals surface area (Å²) in [6, 6.07) is 0.821. The Labute approximate surface area is 82.7 Å². The minimum Gasteiger partial charge on any atom is -0.315 e. The molecule has 1 fully saturated rings. The molecule has 0 aliphatic carbocycles. The van der Waals surface area contributed by atoms with Crippen molar-refractivity contribution >= 4 is 0 Å². The van der Waals surface area contributed by atoms with Crippen LogP contribution in [0.3, 0.4) is 0 Å². The van der Waals surface area contributed by atoms with Gasteiger partial charge in [-0.25, -0.2) is 0 Å². The molecular formula is C11H24N2. The van der Waals surface area contributed by atoms with Crippen molar-refractivity contribution in [2.75, 3.05) is 26.2 Å². The summed E-state index contributed by atoms with van der Waals surface area (Å²) in [5.41, 5.74) is 0. The second kappa shape index (κ2) is 6.39. The molecular weight excluding hydrogens is 160 g/mol. The monoisotopic (exact) mass is 184 g/mol. The molecule has 1 unspecified atom stereocenters. The van der Waals surface area contributed by atoms with Crippen LogP contribution in [0.25, 0.3) is 0 Å². The molecule has 13 heavy (non-hydrogen) atoms. The van der Waals surface area contributed by atoms with Crippen LogP contribution in [0.15, 0.2) is 0 Å². The van der Waals surface area contributed by atoms with Gasteiger partial charge in [-0.3, -0.25) is 4.90 Å². The molecule has 0 spiro atoms. The van der Waals surface area contributed by atoms with Crippen LogP contribution in [0, 0.1) is 0 Å². The Bertz CT molecular complexity index is 119. The van der Waals surface area contributed by atoms with Crippen LogP contribution in [0.4, 0.5) is 0 Å². The number of nitrogens with zero attached hydrogens (tertiary/aromatic N) is 1. The first-order chi connectivity index (χ1) is 6.38. The maximum Gasteiger partial charge on any atom is 0.0232 e. The molecule has 2 nitrogen and oxygen atoms in total. The van der Waals surface area contributed by atoms with Gasteiger partial charge < -0.3 is 5.32 Å². The number of nitrogens with one attached hydrogen (secondary N) is 1. The van der Waals surface area contributed by atoms with E-state index in [0.717, 1.165) is 6.04 Å². The van der Waals surface area contributed by atoms with E-state index >= 15 is 0 Å². The lowest BCUT2D eigenvalue weighted by molar-refractivity contribution is 0.215. The Morgan fingerprint density at radius 3 is 2.69 bits per heavy atom. The predicted octanol–water partition coefficient (Wildman–Crippen LogP) is 1.86. The van der Waals surface area contributed by atoms with Crippen LogP contribution in [-0.2, 0) is 0 Å². The lowest BCUT2D eigenvalue weighted by atomic mass is 10.2. The Hall–Kier alpha value is -0.0800. The van der Waals surface area contributed by atoms with Crippen molar-refractivity contribution in [1.29, 1.82) is 0 Å². The fourth-order valence-corrected chi connectivity index (χ4v) is 2.11. The van der Waals surface area contributed by atoms with E-state index < -0.39 is 0 Å². The highest BCUT2D eigenvalue weighted by atomic mass is 15.2. The molecule has 1 saturated heterocycles. The fourth-order valence-electron chi connectivity index (χ4n) is 2.11. The summed E-state index contributed by atoms with van der Waals surface area (Å²) >= 11 is 0. The Morgan fingerprint density at radius 1 is 1.31 bits per heavy atom. The van der Waals surface area contributed by atoms with E-state index in [1.165, 1.54) is 51.9 Å². The molecule has 0 saturated carbocycles. The number of hydrogen-bond acceptors (Lipinski definition) is 2. The van der Waals surface area contributed by atoms with Crippen molar-refractivity contribution in [3.8, 4) is 0 Å². The first kappa shape index (κ1) is 11.0. The summed E-state index contributed by atoms with van der Waals surface area (Å²) in [6.45, 7) is 9.50. The minimum atomic E-state index is 0.821. The van der Waals surface area contributed by atoms with Gasteiger partial charge in [-0.05, 0) is 32.5 Å². The van der Waals surface area contributed by atoms with Crippen LogP contribution in [0.1, 0.15) is 39.5 Å². The van der Waals surface area contributed by atoms with Gasteiger partial charge in [-0.15, -0.1) is 0 Å². The van der Waals surface area contributed by atoms with Crippen LogP contribution >= 0.6 is 0 Å². The number of rotatable bonds is 6. The Balaban J connectivity index is 2.16. The van der Waals surface area contributed by atoms with E-state index in [-0.39, 0.29) is 0 Å². The lowest BCUT2D eigenvalue weighted by Crippen LogP contribution is -2.37. The van der Waals surface area contributed by atoms with Crippen molar-refractivity contribution in [3.63, 3.8) is 0 Å². The van der Waals surface area contributed by atoms with Crippen molar-refractivity contribution in [3.05, 3.63) is 0 Å². The van der Waals surface area contributed by atoms with Gasteiger partial charge in [0, 0.05) is 12.6 Å². The number of unbranched alkanes of at least 4 members (excludes halogenated alkanes) is 2. The van der Waals surface area contributed by atoms with Gasteiger partial charge in [-0.2, -0.15) is 0 Å². The highest BCUT2D eigenvalue weighted by Crippen LogP contribution is 2.09. The maximum absolute atomic E-state index is 3.44. The van der Waals surface area contributed by atoms with Crippen LogP contribution < -0.4 is 5.32 Å². The summed E-state index contributed by atoms with van der Waals surface area (Å²) in [4.78, 5) is 2.63. The fraction of sp³-hybridized carbons (Fsp3) is 1.00. The van der Waals surface area contributed by atoms with E-state index in [0.29, 0.717) is 0 Å². The van der Waals surface area contributed by atoms with Gasteiger partial charge in [0.2, 0.25) is 0 Å². The standard InChI is InChI=1S/C11H24N2/c1-3-5-6-9-13(4-2)11-7-8-12-10-11/h11-12H,3-10H2,1-2H3. The zero-order valence-corrected chi connectivity index (χ0v) is 9.18. The van der Waals surface area contributed by atoms with E-state index in [2.05, 4.69) is 24.1 Å². The van der Waals surface area contributed by atoms with Crippen LogP contribution in [0.5, 0.6) is 0 Å². The van der Waals surface area contributed by atoms with E-state index in [1.54, 1.807) is 0 Å².